The zero-order valence-corrected chi connectivity index (χ0v) is 12.5. The lowest BCUT2D eigenvalue weighted by atomic mass is 10.2. The third-order valence-electron chi connectivity index (χ3n) is 3.34. The molecule has 0 saturated heterocycles. The van der Waals surface area contributed by atoms with E-state index in [0.29, 0.717) is 5.69 Å². The topological polar surface area (TPSA) is 58.4 Å². The third-order valence-corrected chi connectivity index (χ3v) is 3.83. The van der Waals surface area contributed by atoms with E-state index in [-0.39, 0.29) is 10.6 Å². The number of nitrogens with zero attached hydrogens (tertiary/aromatic N) is 2. The Morgan fingerprint density at radius 1 is 1.53 bits per heavy atom. The first-order valence-electron chi connectivity index (χ1n) is 6.53. The Morgan fingerprint density at radius 3 is 2.84 bits per heavy atom. The number of likely N-dealkylation sites (N-methyl/N-ethyl adjacent to an activating group) is 1. The molecular weight excluding hydrogens is 310 g/mol. The maximum atomic E-state index is 10.9. The summed E-state index contributed by atoms with van der Waals surface area (Å²) in [6.07, 6.45) is 2.57. The fourth-order valence-electron chi connectivity index (χ4n) is 2.18. The summed E-state index contributed by atoms with van der Waals surface area (Å²) < 4.78 is 0.843. The van der Waals surface area contributed by atoms with E-state index in [1.165, 1.54) is 18.9 Å². The van der Waals surface area contributed by atoms with Crippen LogP contribution in [-0.4, -0.2) is 35.5 Å². The molecule has 0 unspecified atom stereocenters. The van der Waals surface area contributed by atoms with E-state index in [1.54, 1.807) is 12.1 Å². The predicted octanol–water partition coefficient (Wildman–Crippen LogP) is 3.25. The molecule has 1 fully saturated rings. The van der Waals surface area contributed by atoms with Crippen LogP contribution in [0.1, 0.15) is 19.8 Å². The van der Waals surface area contributed by atoms with Crippen molar-refractivity contribution in [1.82, 2.24) is 4.90 Å². The molecule has 5 nitrogen and oxygen atoms in total. The Labute approximate surface area is 121 Å². The lowest BCUT2D eigenvalue weighted by molar-refractivity contribution is -0.384. The molecule has 0 aliphatic heterocycles. The molecule has 1 N–H and O–H groups in total. The minimum atomic E-state index is -0.354. The second kappa shape index (κ2) is 6.34. The molecule has 1 saturated carbocycles. The summed E-state index contributed by atoms with van der Waals surface area (Å²) in [6.45, 7) is 4.83. The van der Waals surface area contributed by atoms with E-state index in [4.69, 9.17) is 0 Å². The largest absolute Gasteiger partial charge is 0.378 e. The van der Waals surface area contributed by atoms with Crippen molar-refractivity contribution in [2.45, 2.75) is 25.8 Å². The quantitative estimate of drug-likeness (QED) is 0.617. The molecule has 1 aliphatic carbocycles. The SMILES string of the molecule is CCN(CCNc1cc(Br)ccc1[N+](=O)[O-])C1CC1. The Hall–Kier alpha value is -1.14. The number of nitro benzene ring substituents is 1. The average molecular weight is 328 g/mol. The third kappa shape index (κ3) is 3.91. The van der Waals surface area contributed by atoms with E-state index in [0.717, 1.165) is 30.1 Å². The molecule has 6 heteroatoms. The van der Waals surface area contributed by atoms with Crippen LogP contribution in [0.25, 0.3) is 0 Å². The molecular formula is C13H18BrN3O2. The van der Waals surface area contributed by atoms with Crippen LogP contribution in [0.15, 0.2) is 22.7 Å². The summed E-state index contributed by atoms with van der Waals surface area (Å²) in [5.74, 6) is 0. The first-order chi connectivity index (χ1) is 9.11. The number of halogens is 1. The van der Waals surface area contributed by atoms with Gasteiger partial charge in [-0.1, -0.05) is 22.9 Å². The van der Waals surface area contributed by atoms with Crippen LogP contribution in [0.5, 0.6) is 0 Å². The Kier molecular flexibility index (Phi) is 4.76. The van der Waals surface area contributed by atoms with Gasteiger partial charge in [-0.25, -0.2) is 0 Å². The molecule has 0 amide bonds. The maximum absolute atomic E-state index is 10.9. The Bertz CT molecular complexity index is 463. The highest BCUT2D eigenvalue weighted by Gasteiger charge is 2.27. The molecule has 1 aliphatic rings. The van der Waals surface area contributed by atoms with E-state index < -0.39 is 0 Å². The van der Waals surface area contributed by atoms with Crippen molar-refractivity contribution in [3.63, 3.8) is 0 Å². The summed E-state index contributed by atoms with van der Waals surface area (Å²) in [5.41, 5.74) is 0.698. The smallest absolute Gasteiger partial charge is 0.292 e. The van der Waals surface area contributed by atoms with Gasteiger partial charge in [0, 0.05) is 29.7 Å². The van der Waals surface area contributed by atoms with Crippen LogP contribution in [0.2, 0.25) is 0 Å². The summed E-state index contributed by atoms with van der Waals surface area (Å²) in [7, 11) is 0. The van der Waals surface area contributed by atoms with Gasteiger partial charge in [0.1, 0.15) is 5.69 Å². The van der Waals surface area contributed by atoms with E-state index in [1.807, 2.05) is 0 Å². The minimum Gasteiger partial charge on any atom is -0.378 e. The van der Waals surface area contributed by atoms with Gasteiger partial charge in [-0.15, -0.1) is 0 Å². The molecule has 1 aromatic carbocycles. The number of benzene rings is 1. The molecule has 104 valence electrons. The Balaban J connectivity index is 1.94. The molecule has 0 heterocycles. The number of hydrogen-bond acceptors (Lipinski definition) is 4. The van der Waals surface area contributed by atoms with Crippen molar-refractivity contribution in [2.75, 3.05) is 25.0 Å². The van der Waals surface area contributed by atoms with Gasteiger partial charge in [0.15, 0.2) is 0 Å². The molecule has 0 aromatic heterocycles. The lowest BCUT2D eigenvalue weighted by Gasteiger charge is -2.20. The van der Waals surface area contributed by atoms with Gasteiger partial charge in [-0.3, -0.25) is 15.0 Å². The molecule has 0 atom stereocenters. The van der Waals surface area contributed by atoms with Crippen LogP contribution >= 0.6 is 15.9 Å². The molecule has 1 aromatic rings. The average Bonchev–Trinajstić information content (AvgIpc) is 3.18. The minimum absolute atomic E-state index is 0.123. The van der Waals surface area contributed by atoms with Crippen molar-refractivity contribution in [3.05, 3.63) is 32.8 Å². The lowest BCUT2D eigenvalue weighted by Crippen LogP contribution is -2.30. The van der Waals surface area contributed by atoms with Crippen LogP contribution in [0.4, 0.5) is 11.4 Å². The second-order valence-electron chi connectivity index (χ2n) is 4.71. The van der Waals surface area contributed by atoms with Crippen molar-refractivity contribution < 1.29 is 4.92 Å². The predicted molar refractivity (Wildman–Crippen MR) is 79.6 cm³/mol. The second-order valence-corrected chi connectivity index (χ2v) is 5.62. The molecule has 0 spiro atoms. The zero-order chi connectivity index (χ0) is 13.8. The van der Waals surface area contributed by atoms with Crippen LogP contribution in [0.3, 0.4) is 0 Å². The fraction of sp³-hybridized carbons (Fsp3) is 0.538. The highest BCUT2D eigenvalue weighted by molar-refractivity contribution is 9.10. The van der Waals surface area contributed by atoms with Crippen LogP contribution < -0.4 is 5.32 Å². The Morgan fingerprint density at radius 2 is 2.26 bits per heavy atom. The monoisotopic (exact) mass is 327 g/mol. The first-order valence-corrected chi connectivity index (χ1v) is 7.33. The van der Waals surface area contributed by atoms with Gasteiger partial charge in [0.25, 0.3) is 5.69 Å². The van der Waals surface area contributed by atoms with Crippen molar-refractivity contribution >= 4 is 27.3 Å². The highest BCUT2D eigenvalue weighted by Crippen LogP contribution is 2.28. The van der Waals surface area contributed by atoms with Gasteiger partial charge in [0.2, 0.25) is 0 Å². The molecule has 0 radical (unpaired) electrons. The van der Waals surface area contributed by atoms with E-state index >= 15 is 0 Å². The standard InChI is InChI=1S/C13H18BrN3O2/c1-2-16(11-4-5-11)8-7-15-12-9-10(14)3-6-13(12)17(18)19/h3,6,9,11,15H,2,4-5,7-8H2,1H3. The van der Waals surface area contributed by atoms with Gasteiger partial charge in [-0.05, 0) is 31.5 Å². The number of nitro groups is 1. The van der Waals surface area contributed by atoms with Crippen molar-refractivity contribution in [1.29, 1.82) is 0 Å². The van der Waals surface area contributed by atoms with Crippen LogP contribution in [-0.2, 0) is 0 Å². The number of nitrogens with one attached hydrogen (secondary N) is 1. The normalized spacial score (nSPS) is 14.7. The number of hydrogen-bond donors (Lipinski definition) is 1. The number of rotatable bonds is 7. The number of anilines is 1. The maximum Gasteiger partial charge on any atom is 0.292 e. The van der Waals surface area contributed by atoms with Crippen LogP contribution in [0, 0.1) is 10.1 Å². The van der Waals surface area contributed by atoms with Gasteiger partial charge in [-0.2, -0.15) is 0 Å². The van der Waals surface area contributed by atoms with Gasteiger partial charge >= 0.3 is 0 Å². The summed E-state index contributed by atoms with van der Waals surface area (Å²) in [4.78, 5) is 13.0. The van der Waals surface area contributed by atoms with E-state index in [2.05, 4.69) is 33.1 Å². The summed E-state index contributed by atoms with van der Waals surface area (Å²) >= 11 is 3.34. The van der Waals surface area contributed by atoms with Crippen molar-refractivity contribution in [3.8, 4) is 0 Å². The molecule has 19 heavy (non-hydrogen) atoms. The molecule has 0 bridgehead atoms. The highest BCUT2D eigenvalue weighted by atomic mass is 79.9. The fourth-order valence-corrected chi connectivity index (χ4v) is 2.54. The summed E-state index contributed by atoms with van der Waals surface area (Å²) in [6, 6.07) is 5.69. The first kappa shape index (κ1) is 14.3. The van der Waals surface area contributed by atoms with Gasteiger partial charge < -0.3 is 5.32 Å². The van der Waals surface area contributed by atoms with Gasteiger partial charge in [0.05, 0.1) is 4.92 Å². The van der Waals surface area contributed by atoms with E-state index in [9.17, 15) is 10.1 Å². The summed E-state index contributed by atoms with van der Waals surface area (Å²) in [5, 5.41) is 14.1. The molecule has 2 rings (SSSR count). The van der Waals surface area contributed by atoms with Crippen molar-refractivity contribution in [2.24, 2.45) is 0 Å². The zero-order valence-electron chi connectivity index (χ0n) is 10.9.